The molecule has 0 spiro atoms. The molecule has 1 atom stereocenters. The highest BCUT2D eigenvalue weighted by atomic mass is 19.4. The van der Waals surface area contributed by atoms with Crippen LogP contribution in [-0.4, -0.2) is 19.3 Å². The molecule has 0 amide bonds. The third kappa shape index (κ3) is 1.97. The van der Waals surface area contributed by atoms with Crippen molar-refractivity contribution in [1.82, 2.24) is 0 Å². The van der Waals surface area contributed by atoms with Gasteiger partial charge >= 0.3 is 6.18 Å². The van der Waals surface area contributed by atoms with Crippen LogP contribution in [0.2, 0.25) is 0 Å². The van der Waals surface area contributed by atoms with Gasteiger partial charge < -0.3 is 10.6 Å². The Hall–Kier alpha value is -1.65. The highest BCUT2D eigenvalue weighted by Crippen LogP contribution is 2.48. The van der Waals surface area contributed by atoms with E-state index in [0.29, 0.717) is 16.9 Å². The zero-order valence-electron chi connectivity index (χ0n) is 9.55. The first kappa shape index (κ1) is 11.8. The Kier molecular flexibility index (Phi) is 2.56. The lowest BCUT2D eigenvalue weighted by Crippen LogP contribution is -2.27. The fourth-order valence-corrected chi connectivity index (χ4v) is 2.13. The standard InChI is InChI=1S/C12H13F3N2/c1-7-10(12(13,14)15)11(7)17(2)9-6-4-3-5-8(9)16/h3-6,11H,16H2,1-2H3. The lowest BCUT2D eigenvalue weighted by molar-refractivity contribution is -0.0884. The normalized spacial score (nSPS) is 19.5. The predicted molar refractivity (Wildman–Crippen MR) is 61.8 cm³/mol. The first-order valence-corrected chi connectivity index (χ1v) is 5.19. The van der Waals surface area contributed by atoms with Crippen molar-refractivity contribution in [3.05, 3.63) is 35.4 Å². The number of benzene rings is 1. The smallest absolute Gasteiger partial charge is 0.397 e. The summed E-state index contributed by atoms with van der Waals surface area (Å²) in [6.45, 7) is 1.50. The number of nitrogens with two attached hydrogens (primary N) is 1. The van der Waals surface area contributed by atoms with E-state index in [0.717, 1.165) is 0 Å². The van der Waals surface area contributed by atoms with E-state index in [9.17, 15) is 13.2 Å². The zero-order valence-corrected chi connectivity index (χ0v) is 9.55. The summed E-state index contributed by atoms with van der Waals surface area (Å²) in [7, 11) is 1.62. The second-order valence-electron chi connectivity index (χ2n) is 4.17. The van der Waals surface area contributed by atoms with Gasteiger partial charge in [-0.2, -0.15) is 13.2 Å². The average molecular weight is 242 g/mol. The Morgan fingerprint density at radius 2 is 1.82 bits per heavy atom. The van der Waals surface area contributed by atoms with Crippen molar-refractivity contribution in [2.45, 2.75) is 19.1 Å². The van der Waals surface area contributed by atoms with E-state index in [2.05, 4.69) is 0 Å². The summed E-state index contributed by atoms with van der Waals surface area (Å²) in [6.07, 6.45) is -4.24. The Balaban J connectivity index is 2.21. The van der Waals surface area contributed by atoms with Crippen LogP contribution in [0.5, 0.6) is 0 Å². The number of para-hydroxylation sites is 2. The van der Waals surface area contributed by atoms with Gasteiger partial charge in [0.15, 0.2) is 0 Å². The van der Waals surface area contributed by atoms with Crippen LogP contribution in [-0.2, 0) is 0 Å². The highest BCUT2D eigenvalue weighted by molar-refractivity contribution is 5.71. The third-order valence-electron chi connectivity index (χ3n) is 3.03. The maximum atomic E-state index is 12.6. The molecule has 1 aliphatic rings. The molecule has 2 N–H and O–H groups in total. The van der Waals surface area contributed by atoms with E-state index in [1.54, 1.807) is 36.2 Å². The number of anilines is 2. The molecule has 92 valence electrons. The van der Waals surface area contributed by atoms with Crippen molar-refractivity contribution in [2.75, 3.05) is 17.7 Å². The lowest BCUT2D eigenvalue weighted by Gasteiger charge is -2.22. The van der Waals surface area contributed by atoms with Crippen molar-refractivity contribution in [3.8, 4) is 0 Å². The lowest BCUT2D eigenvalue weighted by atomic mass is 10.2. The van der Waals surface area contributed by atoms with Crippen LogP contribution in [0.1, 0.15) is 6.92 Å². The molecule has 0 fully saturated rings. The van der Waals surface area contributed by atoms with Gasteiger partial charge in [0, 0.05) is 7.05 Å². The summed E-state index contributed by atoms with van der Waals surface area (Å²) in [6, 6.07) is 6.24. The molecule has 0 heterocycles. The molecule has 2 nitrogen and oxygen atoms in total. The highest BCUT2D eigenvalue weighted by Gasteiger charge is 2.52. The van der Waals surface area contributed by atoms with Crippen molar-refractivity contribution in [2.24, 2.45) is 0 Å². The molecule has 17 heavy (non-hydrogen) atoms. The largest absolute Gasteiger partial charge is 0.415 e. The maximum Gasteiger partial charge on any atom is 0.415 e. The molecule has 0 saturated carbocycles. The maximum absolute atomic E-state index is 12.6. The fourth-order valence-electron chi connectivity index (χ4n) is 2.13. The number of alkyl halides is 3. The summed E-state index contributed by atoms with van der Waals surface area (Å²) in [5, 5.41) is 0. The summed E-state index contributed by atoms with van der Waals surface area (Å²) in [4.78, 5) is 1.56. The summed E-state index contributed by atoms with van der Waals surface area (Å²) < 4.78 is 37.8. The molecule has 0 aliphatic heterocycles. The predicted octanol–water partition coefficient (Wildman–Crippen LogP) is 2.97. The van der Waals surface area contributed by atoms with E-state index in [1.165, 1.54) is 6.92 Å². The molecule has 1 aromatic rings. The van der Waals surface area contributed by atoms with Crippen molar-refractivity contribution in [3.63, 3.8) is 0 Å². The number of nitrogens with zero attached hydrogens (tertiary/aromatic N) is 1. The van der Waals surface area contributed by atoms with Crippen LogP contribution in [0.4, 0.5) is 24.5 Å². The number of hydrogen-bond acceptors (Lipinski definition) is 2. The molecule has 1 aliphatic carbocycles. The second-order valence-corrected chi connectivity index (χ2v) is 4.17. The average Bonchev–Trinajstić information content (AvgIpc) is 2.89. The molecular weight excluding hydrogens is 229 g/mol. The molecule has 1 unspecified atom stereocenters. The van der Waals surface area contributed by atoms with Gasteiger partial charge in [0.2, 0.25) is 0 Å². The molecule has 5 heteroatoms. The van der Waals surface area contributed by atoms with Gasteiger partial charge in [-0.3, -0.25) is 0 Å². The molecular formula is C12H13F3N2. The van der Waals surface area contributed by atoms with Crippen molar-refractivity contribution < 1.29 is 13.2 Å². The Labute approximate surface area is 97.5 Å². The van der Waals surface area contributed by atoms with Crippen LogP contribution in [0.15, 0.2) is 35.4 Å². The molecule has 0 bridgehead atoms. The molecule has 2 rings (SSSR count). The Morgan fingerprint density at radius 1 is 1.24 bits per heavy atom. The minimum atomic E-state index is -4.24. The molecule has 0 aromatic heterocycles. The van der Waals surface area contributed by atoms with Gasteiger partial charge in [-0.1, -0.05) is 12.1 Å². The van der Waals surface area contributed by atoms with Gasteiger partial charge in [0.1, 0.15) is 0 Å². The molecule has 0 radical (unpaired) electrons. The number of likely N-dealkylation sites (N-methyl/N-ethyl adjacent to an activating group) is 1. The van der Waals surface area contributed by atoms with Crippen LogP contribution in [0, 0.1) is 0 Å². The Bertz CT molecular complexity index is 477. The summed E-state index contributed by atoms with van der Waals surface area (Å²) >= 11 is 0. The van der Waals surface area contributed by atoms with Crippen molar-refractivity contribution >= 4 is 11.4 Å². The quantitative estimate of drug-likeness (QED) is 0.638. The van der Waals surface area contributed by atoms with Gasteiger partial charge in [0.05, 0.1) is 23.0 Å². The SMILES string of the molecule is CC1=C(C(F)(F)F)C1N(C)c1ccccc1N. The van der Waals surface area contributed by atoms with Gasteiger partial charge in [-0.05, 0) is 24.6 Å². The van der Waals surface area contributed by atoms with Crippen LogP contribution in [0.25, 0.3) is 0 Å². The minimum absolute atomic E-state index is 0.364. The van der Waals surface area contributed by atoms with Crippen LogP contribution < -0.4 is 10.6 Å². The molecule has 0 saturated heterocycles. The van der Waals surface area contributed by atoms with Crippen LogP contribution in [0.3, 0.4) is 0 Å². The zero-order chi connectivity index (χ0) is 12.8. The monoisotopic (exact) mass is 242 g/mol. The van der Waals surface area contributed by atoms with E-state index in [-0.39, 0.29) is 0 Å². The van der Waals surface area contributed by atoms with Gasteiger partial charge in [-0.15, -0.1) is 0 Å². The van der Waals surface area contributed by atoms with Crippen LogP contribution >= 0.6 is 0 Å². The number of rotatable bonds is 2. The van der Waals surface area contributed by atoms with E-state index >= 15 is 0 Å². The summed E-state index contributed by atoms with van der Waals surface area (Å²) in [5.74, 6) is 0. The van der Waals surface area contributed by atoms with E-state index in [1.807, 2.05) is 0 Å². The summed E-state index contributed by atoms with van der Waals surface area (Å²) in [5.41, 5.74) is 6.76. The van der Waals surface area contributed by atoms with Gasteiger partial charge in [0.25, 0.3) is 0 Å². The minimum Gasteiger partial charge on any atom is -0.397 e. The first-order chi connectivity index (χ1) is 7.84. The van der Waals surface area contributed by atoms with E-state index in [4.69, 9.17) is 5.73 Å². The molecule has 1 aromatic carbocycles. The first-order valence-electron chi connectivity index (χ1n) is 5.19. The van der Waals surface area contributed by atoms with Crippen molar-refractivity contribution in [1.29, 1.82) is 0 Å². The van der Waals surface area contributed by atoms with E-state index < -0.39 is 17.8 Å². The fraction of sp³-hybridized carbons (Fsp3) is 0.333. The third-order valence-corrected chi connectivity index (χ3v) is 3.03. The Morgan fingerprint density at radius 3 is 2.29 bits per heavy atom. The van der Waals surface area contributed by atoms with Gasteiger partial charge in [-0.25, -0.2) is 0 Å². The second kappa shape index (κ2) is 3.68. The number of hydrogen-bond donors (Lipinski definition) is 1. The topological polar surface area (TPSA) is 29.3 Å². The number of nitrogen functional groups attached to an aromatic ring is 1. The number of halogens is 3.